The van der Waals surface area contributed by atoms with Crippen LogP contribution in [0.2, 0.25) is 0 Å². The van der Waals surface area contributed by atoms with Crippen LogP contribution in [0.1, 0.15) is 35.5 Å². The van der Waals surface area contributed by atoms with Crippen molar-refractivity contribution < 1.29 is 50.9 Å². The van der Waals surface area contributed by atoms with Gasteiger partial charge in [0, 0.05) is 52.9 Å². The van der Waals surface area contributed by atoms with E-state index in [2.05, 4.69) is 24.1 Å². The summed E-state index contributed by atoms with van der Waals surface area (Å²) in [6.07, 6.45) is -8.25. The smallest absolute Gasteiger partial charge is 0.475 e. The van der Waals surface area contributed by atoms with Crippen LogP contribution >= 0.6 is 0 Å². The lowest BCUT2D eigenvalue weighted by atomic mass is 10.0. The fourth-order valence-corrected chi connectivity index (χ4v) is 3.01. The van der Waals surface area contributed by atoms with E-state index < -0.39 is 24.3 Å². The SMILES string of the molecule is CNC(=O)c1cc2c(nc1N(C)C)CCN(CC(C)C)CC2.O=C(O)C(F)(F)F.O=C(O)C(F)(F)F. The van der Waals surface area contributed by atoms with Gasteiger partial charge in [0.1, 0.15) is 5.82 Å². The molecule has 0 aromatic carbocycles. The molecule has 0 aliphatic carbocycles. The normalized spacial score (nSPS) is 13.8. The maximum Gasteiger partial charge on any atom is 0.490 e. The summed E-state index contributed by atoms with van der Waals surface area (Å²) in [5, 5.41) is 17.0. The molecular formula is C21H30F6N4O5. The van der Waals surface area contributed by atoms with Crippen LogP contribution < -0.4 is 10.2 Å². The predicted octanol–water partition coefficient (Wildman–Crippen LogP) is 2.83. The molecule has 0 saturated carbocycles. The number of carbonyl (C=O) groups is 3. The summed E-state index contributed by atoms with van der Waals surface area (Å²) in [6, 6.07) is 2.04. The number of aliphatic carboxylic acids is 2. The summed E-state index contributed by atoms with van der Waals surface area (Å²) in [4.78, 5) is 39.1. The van der Waals surface area contributed by atoms with Crippen LogP contribution in [-0.4, -0.2) is 91.1 Å². The van der Waals surface area contributed by atoms with Crippen molar-refractivity contribution in [1.82, 2.24) is 15.2 Å². The molecule has 1 aliphatic heterocycles. The second-order valence-electron chi connectivity index (χ2n) is 8.24. The number of halogens is 6. The Bertz CT molecular complexity index is 880. The Hall–Kier alpha value is -3.10. The molecule has 15 heteroatoms. The van der Waals surface area contributed by atoms with Gasteiger partial charge in [-0.1, -0.05) is 13.8 Å². The molecule has 1 aromatic rings. The highest BCUT2D eigenvalue weighted by molar-refractivity contribution is 5.99. The number of fused-ring (bicyclic) bond motifs is 1. The summed E-state index contributed by atoms with van der Waals surface area (Å²) in [5.74, 6) is -4.15. The zero-order valence-electron chi connectivity index (χ0n) is 20.4. The van der Waals surface area contributed by atoms with Crippen molar-refractivity contribution in [3.63, 3.8) is 0 Å². The van der Waals surface area contributed by atoms with Crippen molar-refractivity contribution >= 4 is 23.7 Å². The number of pyridine rings is 1. The Kier molecular flexibility index (Phi) is 12.7. The van der Waals surface area contributed by atoms with E-state index in [1.165, 1.54) is 5.56 Å². The van der Waals surface area contributed by atoms with Crippen LogP contribution in [0.5, 0.6) is 0 Å². The molecule has 1 aromatic heterocycles. The first kappa shape index (κ1) is 32.9. The van der Waals surface area contributed by atoms with E-state index in [4.69, 9.17) is 24.8 Å². The summed E-state index contributed by atoms with van der Waals surface area (Å²) >= 11 is 0. The van der Waals surface area contributed by atoms with E-state index in [0.717, 1.165) is 44.0 Å². The van der Waals surface area contributed by atoms with E-state index in [0.29, 0.717) is 11.5 Å². The van der Waals surface area contributed by atoms with Crippen LogP contribution in [0.3, 0.4) is 0 Å². The Morgan fingerprint density at radius 1 is 1.03 bits per heavy atom. The molecule has 206 valence electrons. The molecule has 2 rings (SSSR count). The van der Waals surface area contributed by atoms with Crippen LogP contribution in [0.15, 0.2) is 6.07 Å². The number of nitrogens with one attached hydrogen (secondary N) is 1. The van der Waals surface area contributed by atoms with Gasteiger partial charge in [-0.05, 0) is 24.0 Å². The fourth-order valence-electron chi connectivity index (χ4n) is 3.01. The number of amides is 1. The first-order valence-electron chi connectivity index (χ1n) is 10.6. The Labute approximate surface area is 204 Å². The first-order chi connectivity index (χ1) is 16.3. The fraction of sp³-hybridized carbons (Fsp3) is 0.619. The molecular weight excluding hydrogens is 502 g/mol. The van der Waals surface area contributed by atoms with Crippen molar-refractivity contribution in [2.24, 2.45) is 5.92 Å². The second-order valence-corrected chi connectivity index (χ2v) is 8.24. The average molecular weight is 532 g/mol. The molecule has 0 radical (unpaired) electrons. The maximum atomic E-state index is 12.1. The van der Waals surface area contributed by atoms with E-state index in [1.807, 2.05) is 25.1 Å². The molecule has 0 unspecified atom stereocenters. The van der Waals surface area contributed by atoms with E-state index in [9.17, 15) is 31.1 Å². The summed E-state index contributed by atoms with van der Waals surface area (Å²) in [6.45, 7) is 7.72. The Balaban J connectivity index is 0.000000720. The molecule has 0 bridgehead atoms. The van der Waals surface area contributed by atoms with Crippen LogP contribution in [-0.2, 0) is 22.4 Å². The number of rotatable bonds is 4. The molecule has 0 fully saturated rings. The monoisotopic (exact) mass is 532 g/mol. The highest BCUT2D eigenvalue weighted by Gasteiger charge is 2.38. The standard InChI is InChI=1S/C17H28N4O.2C2HF3O2/c1-12(2)11-21-8-6-13-10-14(17(22)18-3)16(20(4)5)19-15(13)7-9-21;2*3-2(4,5)1(6)7/h10,12H,6-9,11H2,1-5H3,(H,18,22);2*(H,6,7). The van der Waals surface area contributed by atoms with Crippen LogP contribution in [0, 0.1) is 5.92 Å². The molecule has 1 aliphatic rings. The molecule has 1 amide bonds. The summed E-state index contributed by atoms with van der Waals surface area (Å²) < 4.78 is 63.5. The number of carboxylic acids is 2. The summed E-state index contributed by atoms with van der Waals surface area (Å²) in [5.41, 5.74) is 3.03. The average Bonchev–Trinajstić information content (AvgIpc) is 2.93. The van der Waals surface area contributed by atoms with Gasteiger partial charge >= 0.3 is 24.3 Å². The minimum Gasteiger partial charge on any atom is -0.475 e. The Morgan fingerprint density at radius 3 is 1.83 bits per heavy atom. The van der Waals surface area contributed by atoms with Gasteiger partial charge < -0.3 is 25.3 Å². The van der Waals surface area contributed by atoms with Gasteiger partial charge in [0.25, 0.3) is 5.91 Å². The van der Waals surface area contributed by atoms with Crippen molar-refractivity contribution in [3.8, 4) is 0 Å². The van der Waals surface area contributed by atoms with Gasteiger partial charge in [0.2, 0.25) is 0 Å². The molecule has 0 spiro atoms. The minimum atomic E-state index is -5.08. The molecule has 0 saturated heterocycles. The number of hydrogen-bond donors (Lipinski definition) is 3. The highest BCUT2D eigenvalue weighted by Crippen LogP contribution is 2.23. The van der Waals surface area contributed by atoms with Gasteiger partial charge in [-0.15, -0.1) is 0 Å². The maximum absolute atomic E-state index is 12.1. The minimum absolute atomic E-state index is 0.0673. The third kappa shape index (κ3) is 11.6. The van der Waals surface area contributed by atoms with Crippen LogP contribution in [0.4, 0.5) is 32.2 Å². The van der Waals surface area contributed by atoms with Gasteiger partial charge in [0.15, 0.2) is 0 Å². The van der Waals surface area contributed by atoms with Crippen molar-refractivity contribution in [3.05, 3.63) is 22.9 Å². The van der Waals surface area contributed by atoms with E-state index in [-0.39, 0.29) is 5.91 Å². The van der Waals surface area contributed by atoms with Gasteiger partial charge in [-0.25, -0.2) is 14.6 Å². The van der Waals surface area contributed by atoms with E-state index in [1.54, 1.807) is 7.05 Å². The lowest BCUT2D eigenvalue weighted by molar-refractivity contribution is -0.193. The summed E-state index contributed by atoms with van der Waals surface area (Å²) in [7, 11) is 5.53. The molecule has 2 heterocycles. The van der Waals surface area contributed by atoms with Gasteiger partial charge in [-0.3, -0.25) is 4.79 Å². The highest BCUT2D eigenvalue weighted by atomic mass is 19.4. The molecule has 9 nitrogen and oxygen atoms in total. The van der Waals surface area contributed by atoms with Crippen molar-refractivity contribution in [2.75, 3.05) is 45.7 Å². The topological polar surface area (TPSA) is 123 Å². The quantitative estimate of drug-likeness (QED) is 0.506. The number of carboxylic acid groups (broad SMARTS) is 2. The number of nitrogens with zero attached hydrogens (tertiary/aromatic N) is 3. The van der Waals surface area contributed by atoms with Gasteiger partial charge in [0.05, 0.1) is 5.56 Å². The lowest BCUT2D eigenvalue weighted by Gasteiger charge is -2.21. The zero-order chi connectivity index (χ0) is 28.4. The number of aromatic nitrogens is 1. The molecule has 36 heavy (non-hydrogen) atoms. The Morgan fingerprint density at radius 2 is 1.47 bits per heavy atom. The second kappa shape index (κ2) is 13.8. The third-order valence-corrected chi connectivity index (χ3v) is 4.54. The van der Waals surface area contributed by atoms with Crippen LogP contribution in [0.25, 0.3) is 0 Å². The largest absolute Gasteiger partial charge is 0.490 e. The zero-order valence-corrected chi connectivity index (χ0v) is 20.4. The molecule has 3 N–H and O–H groups in total. The first-order valence-corrected chi connectivity index (χ1v) is 10.6. The van der Waals surface area contributed by atoms with Crippen molar-refractivity contribution in [2.45, 2.75) is 39.0 Å². The molecule has 0 atom stereocenters. The third-order valence-electron chi connectivity index (χ3n) is 4.54. The predicted molar refractivity (Wildman–Crippen MR) is 118 cm³/mol. The van der Waals surface area contributed by atoms with Crippen molar-refractivity contribution in [1.29, 1.82) is 0 Å². The number of alkyl halides is 6. The van der Waals surface area contributed by atoms with Gasteiger partial charge in [-0.2, -0.15) is 26.3 Å². The number of carbonyl (C=O) groups excluding carboxylic acids is 1. The number of anilines is 1. The van der Waals surface area contributed by atoms with E-state index >= 15 is 0 Å². The lowest BCUT2D eigenvalue weighted by Crippen LogP contribution is -2.30. The number of hydrogen-bond acceptors (Lipinski definition) is 6.